The van der Waals surface area contributed by atoms with Gasteiger partial charge in [-0.15, -0.1) is 0 Å². The topological polar surface area (TPSA) is 3.24 Å². The highest BCUT2D eigenvalue weighted by Gasteiger charge is 2.40. The maximum Gasteiger partial charge on any atom is 0.391 e. The molecule has 0 saturated carbocycles. The lowest BCUT2D eigenvalue weighted by atomic mass is 9.96. The summed E-state index contributed by atoms with van der Waals surface area (Å²) in [6, 6.07) is 5.57. The summed E-state index contributed by atoms with van der Waals surface area (Å²) >= 11 is 9.41. The molecule has 1 nitrogen and oxygen atoms in total. The predicted molar refractivity (Wildman–Crippen MR) is 73.2 cm³/mol. The maximum atomic E-state index is 12.6. The van der Waals surface area contributed by atoms with Crippen LogP contribution in [0.25, 0.3) is 0 Å². The van der Waals surface area contributed by atoms with Crippen molar-refractivity contribution in [3.63, 3.8) is 0 Å². The van der Waals surface area contributed by atoms with Crippen LogP contribution in [0.4, 0.5) is 13.2 Å². The first-order chi connectivity index (χ1) is 8.88. The Morgan fingerprint density at radius 3 is 2.47 bits per heavy atom. The van der Waals surface area contributed by atoms with E-state index in [-0.39, 0.29) is 12.8 Å². The van der Waals surface area contributed by atoms with Crippen molar-refractivity contribution in [1.82, 2.24) is 4.90 Å². The number of benzene rings is 1. The minimum atomic E-state index is -4.05. The van der Waals surface area contributed by atoms with Crippen LogP contribution >= 0.6 is 27.5 Å². The van der Waals surface area contributed by atoms with Crippen LogP contribution in [0, 0.1) is 5.92 Å². The second-order valence-electron chi connectivity index (χ2n) is 4.80. The maximum absolute atomic E-state index is 12.6. The largest absolute Gasteiger partial charge is 0.391 e. The van der Waals surface area contributed by atoms with Crippen molar-refractivity contribution in [2.45, 2.75) is 25.6 Å². The van der Waals surface area contributed by atoms with Crippen molar-refractivity contribution < 1.29 is 13.2 Å². The van der Waals surface area contributed by atoms with E-state index in [9.17, 15) is 13.2 Å². The highest BCUT2D eigenvalue weighted by Crippen LogP contribution is 2.35. The van der Waals surface area contributed by atoms with E-state index >= 15 is 0 Å². The van der Waals surface area contributed by atoms with Crippen LogP contribution in [-0.2, 0) is 6.54 Å². The summed E-state index contributed by atoms with van der Waals surface area (Å²) < 4.78 is 38.5. The molecule has 1 aliphatic rings. The standard InChI is InChI=1S/C13H14BrClF3N/c14-12-9(2-1-3-11(12)15)8-19-6-4-10(5-7-19)13(16,17)18/h1-3,10H,4-8H2. The molecule has 0 N–H and O–H groups in total. The van der Waals surface area contributed by atoms with Crippen LogP contribution in [0.5, 0.6) is 0 Å². The fourth-order valence-corrected chi connectivity index (χ4v) is 2.91. The molecule has 2 rings (SSSR count). The molecular formula is C13H14BrClF3N. The molecule has 0 aromatic heterocycles. The smallest absolute Gasteiger partial charge is 0.299 e. The van der Waals surface area contributed by atoms with E-state index in [0.717, 1.165) is 10.0 Å². The highest BCUT2D eigenvalue weighted by molar-refractivity contribution is 9.10. The van der Waals surface area contributed by atoms with Gasteiger partial charge in [-0.25, -0.2) is 0 Å². The number of nitrogens with zero attached hydrogens (tertiary/aromatic N) is 1. The molecule has 0 amide bonds. The van der Waals surface area contributed by atoms with Gasteiger partial charge in [-0.1, -0.05) is 23.7 Å². The van der Waals surface area contributed by atoms with Crippen LogP contribution in [0.2, 0.25) is 5.02 Å². The molecule has 1 heterocycles. The van der Waals surface area contributed by atoms with E-state index in [4.69, 9.17) is 11.6 Å². The number of hydrogen-bond acceptors (Lipinski definition) is 1. The molecule has 1 saturated heterocycles. The van der Waals surface area contributed by atoms with Gasteiger partial charge in [0.1, 0.15) is 0 Å². The Bertz CT molecular complexity index is 442. The number of piperidine rings is 1. The SMILES string of the molecule is FC(F)(F)C1CCN(Cc2cccc(Cl)c2Br)CC1. The van der Waals surface area contributed by atoms with Crippen LogP contribution < -0.4 is 0 Å². The van der Waals surface area contributed by atoms with Gasteiger partial charge in [0, 0.05) is 11.0 Å². The fourth-order valence-electron chi connectivity index (χ4n) is 2.33. The van der Waals surface area contributed by atoms with Gasteiger partial charge in [0.05, 0.1) is 10.9 Å². The quantitative estimate of drug-likeness (QED) is 0.730. The van der Waals surface area contributed by atoms with Crippen LogP contribution in [0.3, 0.4) is 0 Å². The van der Waals surface area contributed by atoms with Crippen molar-refractivity contribution in [2.75, 3.05) is 13.1 Å². The Kier molecular flexibility index (Phi) is 4.79. The van der Waals surface area contributed by atoms with E-state index in [1.165, 1.54) is 0 Å². The van der Waals surface area contributed by atoms with Gasteiger partial charge in [0.2, 0.25) is 0 Å². The third-order valence-electron chi connectivity index (χ3n) is 3.48. The summed E-state index contributed by atoms with van der Waals surface area (Å²) in [5.74, 6) is -1.15. The summed E-state index contributed by atoms with van der Waals surface area (Å²) in [6.45, 7) is 1.58. The van der Waals surface area contributed by atoms with Gasteiger partial charge in [-0.2, -0.15) is 13.2 Å². The Morgan fingerprint density at radius 1 is 1.26 bits per heavy atom. The molecule has 0 spiro atoms. The minimum Gasteiger partial charge on any atom is -0.299 e. The fraction of sp³-hybridized carbons (Fsp3) is 0.538. The Labute approximate surface area is 123 Å². The summed E-state index contributed by atoms with van der Waals surface area (Å²) in [5, 5.41) is 0.627. The predicted octanol–water partition coefficient (Wildman–Crippen LogP) is 4.88. The van der Waals surface area contributed by atoms with Gasteiger partial charge in [0.25, 0.3) is 0 Å². The number of rotatable bonds is 2. The molecule has 19 heavy (non-hydrogen) atoms. The third kappa shape index (κ3) is 3.86. The van der Waals surface area contributed by atoms with Crippen molar-refractivity contribution in [1.29, 1.82) is 0 Å². The molecule has 1 aliphatic heterocycles. The number of likely N-dealkylation sites (tertiary alicyclic amines) is 1. The molecule has 0 atom stereocenters. The zero-order valence-corrected chi connectivity index (χ0v) is 12.5. The van der Waals surface area contributed by atoms with E-state index in [1.807, 2.05) is 17.0 Å². The summed E-state index contributed by atoms with van der Waals surface area (Å²) in [4.78, 5) is 2.04. The highest BCUT2D eigenvalue weighted by atomic mass is 79.9. The molecule has 1 aromatic rings. The van der Waals surface area contributed by atoms with Gasteiger partial charge >= 0.3 is 6.18 Å². The van der Waals surface area contributed by atoms with Crippen molar-refractivity contribution in [3.8, 4) is 0 Å². The number of halogens is 5. The van der Waals surface area contributed by atoms with E-state index in [2.05, 4.69) is 15.9 Å². The molecule has 0 aliphatic carbocycles. The van der Waals surface area contributed by atoms with E-state index in [0.29, 0.717) is 24.7 Å². The minimum absolute atomic E-state index is 0.182. The molecule has 0 radical (unpaired) electrons. The number of hydrogen-bond donors (Lipinski definition) is 0. The first-order valence-electron chi connectivity index (χ1n) is 6.10. The zero-order chi connectivity index (χ0) is 14.0. The second-order valence-corrected chi connectivity index (χ2v) is 6.01. The number of alkyl halides is 3. The average Bonchev–Trinajstić information content (AvgIpc) is 2.35. The summed E-state index contributed by atoms with van der Waals surface area (Å²) in [5.41, 5.74) is 1.01. The van der Waals surface area contributed by atoms with Gasteiger partial charge in [-0.05, 0) is 53.5 Å². The second kappa shape index (κ2) is 6.02. The Balaban J connectivity index is 1.94. The average molecular weight is 357 g/mol. The van der Waals surface area contributed by atoms with Crippen molar-refractivity contribution in [2.24, 2.45) is 5.92 Å². The molecule has 106 valence electrons. The molecule has 0 unspecified atom stereocenters. The lowest BCUT2D eigenvalue weighted by Crippen LogP contribution is -2.38. The van der Waals surface area contributed by atoms with Crippen LogP contribution in [0.1, 0.15) is 18.4 Å². The Hall–Kier alpha value is -0.260. The van der Waals surface area contributed by atoms with Crippen LogP contribution in [0.15, 0.2) is 22.7 Å². The summed E-state index contributed by atoms with van der Waals surface area (Å²) in [6.07, 6.45) is -3.69. The Morgan fingerprint density at radius 2 is 1.89 bits per heavy atom. The first-order valence-corrected chi connectivity index (χ1v) is 7.27. The molecule has 1 aromatic carbocycles. The van der Waals surface area contributed by atoms with E-state index < -0.39 is 12.1 Å². The van der Waals surface area contributed by atoms with Crippen molar-refractivity contribution >= 4 is 27.5 Å². The third-order valence-corrected chi connectivity index (χ3v) is 4.96. The van der Waals surface area contributed by atoms with Gasteiger partial charge in [0.15, 0.2) is 0 Å². The molecule has 0 bridgehead atoms. The van der Waals surface area contributed by atoms with Crippen molar-refractivity contribution in [3.05, 3.63) is 33.3 Å². The zero-order valence-electron chi connectivity index (χ0n) is 10.2. The monoisotopic (exact) mass is 355 g/mol. The lowest BCUT2D eigenvalue weighted by molar-refractivity contribution is -0.185. The first kappa shape index (κ1) is 15.1. The normalized spacial score (nSPS) is 18.8. The van der Waals surface area contributed by atoms with Crippen LogP contribution in [-0.4, -0.2) is 24.2 Å². The van der Waals surface area contributed by atoms with Gasteiger partial charge < -0.3 is 0 Å². The lowest BCUT2D eigenvalue weighted by Gasteiger charge is -2.33. The molecular weight excluding hydrogens is 343 g/mol. The molecule has 1 fully saturated rings. The molecule has 6 heteroatoms. The van der Waals surface area contributed by atoms with Gasteiger partial charge in [-0.3, -0.25) is 4.90 Å². The summed E-state index contributed by atoms with van der Waals surface area (Å²) in [7, 11) is 0. The van der Waals surface area contributed by atoms with E-state index in [1.54, 1.807) is 6.07 Å².